The van der Waals surface area contributed by atoms with Gasteiger partial charge in [-0.05, 0) is 56.9 Å². The molecular formula is C25H30N2O5S. The summed E-state index contributed by atoms with van der Waals surface area (Å²) in [7, 11) is -2.05. The first-order valence-corrected chi connectivity index (χ1v) is 12.6. The minimum atomic E-state index is -3.52. The molecular weight excluding hydrogens is 440 g/mol. The Morgan fingerprint density at radius 3 is 2.09 bits per heavy atom. The quantitative estimate of drug-likeness (QED) is 0.411. The third kappa shape index (κ3) is 5.16. The van der Waals surface area contributed by atoms with E-state index in [2.05, 4.69) is 0 Å². The van der Waals surface area contributed by atoms with Gasteiger partial charge in [-0.2, -0.15) is 0 Å². The topological polar surface area (TPSA) is 91.8 Å². The van der Waals surface area contributed by atoms with Crippen molar-refractivity contribution in [2.75, 3.05) is 19.3 Å². The van der Waals surface area contributed by atoms with Crippen LogP contribution in [0.2, 0.25) is 0 Å². The number of likely N-dealkylation sites (N-methyl/N-ethyl adjacent to an activating group) is 1. The first kappa shape index (κ1) is 24.6. The van der Waals surface area contributed by atoms with Gasteiger partial charge in [0, 0.05) is 24.7 Å². The molecule has 0 aliphatic carbocycles. The largest absolute Gasteiger partial charge is 0.327 e. The van der Waals surface area contributed by atoms with Crippen molar-refractivity contribution in [1.82, 2.24) is 9.80 Å². The maximum absolute atomic E-state index is 12.9. The highest BCUT2D eigenvalue weighted by molar-refractivity contribution is 7.91. The summed E-state index contributed by atoms with van der Waals surface area (Å²) >= 11 is 0. The van der Waals surface area contributed by atoms with Crippen molar-refractivity contribution >= 4 is 27.6 Å². The van der Waals surface area contributed by atoms with Crippen molar-refractivity contribution in [3.05, 3.63) is 65.7 Å². The summed E-state index contributed by atoms with van der Waals surface area (Å²) in [5, 5.41) is 0. The number of sulfone groups is 1. The Morgan fingerprint density at radius 2 is 1.55 bits per heavy atom. The predicted octanol–water partition coefficient (Wildman–Crippen LogP) is 3.78. The van der Waals surface area contributed by atoms with E-state index in [1.807, 2.05) is 13.0 Å². The number of hydrogen-bond donors (Lipinski definition) is 0. The average Bonchev–Trinajstić information content (AvgIpc) is 2.93. The van der Waals surface area contributed by atoms with Gasteiger partial charge < -0.3 is 4.90 Å². The first-order valence-electron chi connectivity index (χ1n) is 11.0. The molecule has 7 nitrogen and oxygen atoms in total. The maximum Gasteiger partial charge on any atom is 0.327 e. The average molecular weight is 471 g/mol. The van der Waals surface area contributed by atoms with Gasteiger partial charge in [-0.3, -0.25) is 14.5 Å². The second-order valence-corrected chi connectivity index (χ2v) is 11.1. The fourth-order valence-corrected chi connectivity index (χ4v) is 5.79. The second kappa shape index (κ2) is 9.47. The molecule has 1 saturated heterocycles. The van der Waals surface area contributed by atoms with Crippen LogP contribution < -0.4 is 0 Å². The van der Waals surface area contributed by atoms with E-state index in [0.717, 1.165) is 4.90 Å². The van der Waals surface area contributed by atoms with Crippen LogP contribution >= 0.6 is 0 Å². The summed E-state index contributed by atoms with van der Waals surface area (Å²) < 4.78 is 25.7. The Labute approximate surface area is 195 Å². The van der Waals surface area contributed by atoms with Gasteiger partial charge in [0.05, 0.1) is 10.6 Å². The van der Waals surface area contributed by atoms with Crippen LogP contribution in [0.5, 0.6) is 0 Å². The fraction of sp³-hybridized carbons (Fsp3) is 0.400. The number of urea groups is 1. The minimum absolute atomic E-state index is 0.0326. The monoisotopic (exact) mass is 470 g/mol. The second-order valence-electron chi connectivity index (χ2n) is 9.11. The summed E-state index contributed by atoms with van der Waals surface area (Å²) in [6.45, 7) is 5.69. The third-order valence-electron chi connectivity index (χ3n) is 6.11. The van der Waals surface area contributed by atoms with Crippen LogP contribution in [0.25, 0.3) is 0 Å². The molecule has 2 aromatic carbocycles. The molecule has 1 atom stereocenters. The molecule has 1 fully saturated rings. The molecule has 1 unspecified atom stereocenters. The van der Waals surface area contributed by atoms with Crippen LogP contribution in [0, 0.1) is 5.92 Å². The van der Waals surface area contributed by atoms with E-state index in [0.29, 0.717) is 30.5 Å². The van der Waals surface area contributed by atoms with Gasteiger partial charge >= 0.3 is 6.03 Å². The highest BCUT2D eigenvalue weighted by atomic mass is 32.2. The Hall–Kier alpha value is -3.00. The molecule has 1 heterocycles. The van der Waals surface area contributed by atoms with Crippen molar-refractivity contribution in [3.63, 3.8) is 0 Å². The number of rotatable bonds is 9. The van der Waals surface area contributed by atoms with E-state index in [1.54, 1.807) is 55.1 Å². The zero-order valence-electron chi connectivity index (χ0n) is 19.4. The highest BCUT2D eigenvalue weighted by Crippen LogP contribution is 2.27. The molecule has 0 N–H and O–H groups in total. The number of amides is 3. The summed E-state index contributed by atoms with van der Waals surface area (Å²) in [6.07, 6.45) is 1.19. The van der Waals surface area contributed by atoms with E-state index in [1.165, 1.54) is 19.2 Å². The third-order valence-corrected chi connectivity index (χ3v) is 8.11. The summed E-state index contributed by atoms with van der Waals surface area (Å²) in [4.78, 5) is 39.9. The molecule has 1 aliphatic rings. The lowest BCUT2D eigenvalue weighted by atomic mass is 10.0. The van der Waals surface area contributed by atoms with Crippen LogP contribution in [0.3, 0.4) is 0 Å². The number of imide groups is 1. The molecule has 0 spiro atoms. The van der Waals surface area contributed by atoms with Crippen LogP contribution in [-0.2, 0) is 14.6 Å². The zero-order valence-corrected chi connectivity index (χ0v) is 20.3. The van der Waals surface area contributed by atoms with Crippen LogP contribution in [0.4, 0.5) is 4.79 Å². The lowest BCUT2D eigenvalue weighted by Crippen LogP contribution is -2.44. The molecule has 8 heteroatoms. The summed E-state index contributed by atoms with van der Waals surface area (Å²) in [5.74, 6) is -0.557. The van der Waals surface area contributed by atoms with Gasteiger partial charge in [0.1, 0.15) is 5.54 Å². The highest BCUT2D eigenvalue weighted by Gasteiger charge is 2.49. The lowest BCUT2D eigenvalue weighted by Gasteiger charge is -2.28. The Kier molecular flexibility index (Phi) is 7.07. The Balaban J connectivity index is 1.57. The number of carbonyl (C=O) groups excluding carboxylic acids is 3. The van der Waals surface area contributed by atoms with Gasteiger partial charge in [0.15, 0.2) is 15.6 Å². The molecule has 2 aromatic rings. The Bertz CT molecular complexity index is 1140. The van der Waals surface area contributed by atoms with E-state index < -0.39 is 15.4 Å². The van der Waals surface area contributed by atoms with Crippen molar-refractivity contribution in [1.29, 1.82) is 0 Å². The normalized spacial score (nSPS) is 16.8. The molecule has 0 aromatic heterocycles. The number of benzene rings is 2. The van der Waals surface area contributed by atoms with Crippen molar-refractivity contribution in [3.8, 4) is 0 Å². The molecule has 33 heavy (non-hydrogen) atoms. The number of ketones is 1. The molecule has 176 valence electrons. The lowest BCUT2D eigenvalue weighted by molar-refractivity contribution is -0.131. The van der Waals surface area contributed by atoms with Crippen LogP contribution in [0.15, 0.2) is 59.5 Å². The SMILES string of the molecule is CC(CCCN1C(=O)N(C)C(=O)C1(C)C)CS(=O)(=O)c1ccc(C(=O)c2ccccc2)cc1. The number of hydrogen-bond acceptors (Lipinski definition) is 5. The fourth-order valence-electron chi connectivity index (χ4n) is 4.13. The van der Waals surface area contributed by atoms with Gasteiger partial charge in [-0.15, -0.1) is 0 Å². The molecule has 3 amide bonds. The van der Waals surface area contributed by atoms with Crippen molar-refractivity contribution < 1.29 is 22.8 Å². The van der Waals surface area contributed by atoms with Crippen molar-refractivity contribution in [2.45, 2.75) is 44.0 Å². The summed E-state index contributed by atoms with van der Waals surface area (Å²) in [5.41, 5.74) is 0.0972. The molecule has 1 aliphatic heterocycles. The standard InChI is InChI=1S/C25H30N2O5S/c1-18(9-8-16-27-24(30)26(4)23(29)25(27,2)3)17-33(31,32)21-14-12-20(13-15-21)22(28)19-10-6-5-7-11-19/h5-7,10-15,18H,8-9,16-17H2,1-4H3. The van der Waals surface area contributed by atoms with Crippen LogP contribution in [0.1, 0.15) is 49.5 Å². The minimum Gasteiger partial charge on any atom is -0.310 e. The van der Waals surface area contributed by atoms with Gasteiger partial charge in [-0.1, -0.05) is 37.3 Å². The van der Waals surface area contributed by atoms with E-state index in [-0.39, 0.29) is 34.3 Å². The van der Waals surface area contributed by atoms with Gasteiger partial charge in [-0.25, -0.2) is 13.2 Å². The first-order chi connectivity index (χ1) is 15.4. The summed E-state index contributed by atoms with van der Waals surface area (Å²) in [6, 6.07) is 14.6. The van der Waals surface area contributed by atoms with Crippen LogP contribution in [-0.4, -0.2) is 60.8 Å². The van der Waals surface area contributed by atoms with Gasteiger partial charge in [0.25, 0.3) is 5.91 Å². The number of carbonyl (C=O) groups is 3. The molecule has 0 radical (unpaired) electrons. The van der Waals surface area contributed by atoms with E-state index >= 15 is 0 Å². The van der Waals surface area contributed by atoms with E-state index in [9.17, 15) is 22.8 Å². The smallest absolute Gasteiger partial charge is 0.310 e. The van der Waals surface area contributed by atoms with Gasteiger partial charge in [0.2, 0.25) is 0 Å². The predicted molar refractivity (Wildman–Crippen MR) is 126 cm³/mol. The molecule has 3 rings (SSSR count). The van der Waals surface area contributed by atoms with E-state index in [4.69, 9.17) is 0 Å². The van der Waals surface area contributed by atoms with Crippen molar-refractivity contribution in [2.24, 2.45) is 5.92 Å². The Morgan fingerprint density at radius 1 is 0.970 bits per heavy atom. The number of nitrogens with zero attached hydrogens (tertiary/aromatic N) is 2. The molecule has 0 saturated carbocycles. The molecule has 0 bridgehead atoms. The zero-order chi connectivity index (χ0) is 24.4. The maximum atomic E-state index is 12.9.